The molecule has 1 aromatic carbocycles. The summed E-state index contributed by atoms with van der Waals surface area (Å²) in [4.78, 5) is 27.6. The molecule has 1 saturated heterocycles. The van der Waals surface area contributed by atoms with E-state index in [0.29, 0.717) is 11.5 Å². The van der Waals surface area contributed by atoms with E-state index in [1.807, 2.05) is 42.5 Å². The number of imide groups is 1. The largest absolute Gasteiger partial charge is 0.493 e. The van der Waals surface area contributed by atoms with Gasteiger partial charge < -0.3 is 4.74 Å². The van der Waals surface area contributed by atoms with E-state index in [1.165, 1.54) is 0 Å². The van der Waals surface area contributed by atoms with E-state index in [9.17, 15) is 9.59 Å². The minimum Gasteiger partial charge on any atom is -0.493 e. The Kier molecular flexibility index (Phi) is 5.50. The highest BCUT2D eigenvalue weighted by Gasteiger charge is 2.24. The standard InChI is InChI=1S/C19H18N2O3S/c1-2-14-4-3-5-15(20-14)10-11-24-16-8-6-13(7-9-16)12-17-18(22)21-19(23)25-17/h3-9,12H,2,10-11H2,1H3,(H,21,22,23). The number of amides is 2. The highest BCUT2D eigenvalue weighted by Crippen LogP contribution is 2.26. The van der Waals surface area contributed by atoms with E-state index < -0.39 is 0 Å². The minimum atomic E-state index is -0.350. The molecule has 0 radical (unpaired) electrons. The van der Waals surface area contributed by atoms with Crippen LogP contribution < -0.4 is 10.1 Å². The van der Waals surface area contributed by atoms with Crippen molar-refractivity contribution in [2.75, 3.05) is 6.61 Å². The first kappa shape index (κ1) is 17.2. The highest BCUT2D eigenvalue weighted by atomic mass is 32.2. The van der Waals surface area contributed by atoms with Crippen molar-refractivity contribution in [1.29, 1.82) is 0 Å². The van der Waals surface area contributed by atoms with Crippen LogP contribution in [0.4, 0.5) is 4.79 Å². The maximum Gasteiger partial charge on any atom is 0.290 e. The van der Waals surface area contributed by atoms with E-state index in [-0.39, 0.29) is 11.1 Å². The molecule has 3 rings (SSSR count). The maximum atomic E-state index is 11.5. The van der Waals surface area contributed by atoms with Crippen molar-refractivity contribution in [3.63, 3.8) is 0 Å². The third kappa shape index (κ3) is 4.70. The molecule has 1 fully saturated rings. The number of aryl methyl sites for hydroxylation is 1. The van der Waals surface area contributed by atoms with Gasteiger partial charge in [0.2, 0.25) is 0 Å². The summed E-state index contributed by atoms with van der Waals surface area (Å²) in [6, 6.07) is 13.5. The molecule has 0 spiro atoms. The van der Waals surface area contributed by atoms with E-state index in [1.54, 1.807) is 6.08 Å². The lowest BCUT2D eigenvalue weighted by Crippen LogP contribution is -2.17. The summed E-state index contributed by atoms with van der Waals surface area (Å²) < 4.78 is 5.75. The van der Waals surface area contributed by atoms with Gasteiger partial charge in [0.05, 0.1) is 11.5 Å². The zero-order valence-corrected chi connectivity index (χ0v) is 14.6. The van der Waals surface area contributed by atoms with Crippen LogP contribution in [0.5, 0.6) is 5.75 Å². The number of aromatic nitrogens is 1. The third-order valence-electron chi connectivity index (χ3n) is 3.67. The van der Waals surface area contributed by atoms with Gasteiger partial charge in [-0.25, -0.2) is 0 Å². The number of hydrogen-bond acceptors (Lipinski definition) is 5. The molecule has 25 heavy (non-hydrogen) atoms. The number of ether oxygens (including phenoxy) is 1. The Morgan fingerprint density at radius 3 is 2.56 bits per heavy atom. The summed E-state index contributed by atoms with van der Waals surface area (Å²) >= 11 is 0.910. The van der Waals surface area contributed by atoms with Gasteiger partial charge in [-0.3, -0.25) is 19.9 Å². The van der Waals surface area contributed by atoms with Crippen LogP contribution in [-0.4, -0.2) is 22.7 Å². The maximum absolute atomic E-state index is 11.5. The Bertz CT molecular complexity index is 816. The van der Waals surface area contributed by atoms with Gasteiger partial charge >= 0.3 is 0 Å². The molecule has 5 nitrogen and oxygen atoms in total. The van der Waals surface area contributed by atoms with Gasteiger partial charge in [0.15, 0.2) is 0 Å². The van der Waals surface area contributed by atoms with Crippen LogP contribution in [-0.2, 0) is 17.6 Å². The summed E-state index contributed by atoms with van der Waals surface area (Å²) in [7, 11) is 0. The predicted molar refractivity (Wildman–Crippen MR) is 98.4 cm³/mol. The lowest BCUT2D eigenvalue weighted by Gasteiger charge is -2.07. The molecular weight excluding hydrogens is 336 g/mol. The number of hydrogen-bond donors (Lipinski definition) is 1. The van der Waals surface area contributed by atoms with Crippen LogP contribution in [0.1, 0.15) is 23.9 Å². The van der Waals surface area contributed by atoms with Crippen molar-refractivity contribution >= 4 is 29.0 Å². The molecule has 2 amide bonds. The Morgan fingerprint density at radius 1 is 1.12 bits per heavy atom. The second-order valence-corrected chi connectivity index (χ2v) is 6.51. The Balaban J connectivity index is 1.55. The van der Waals surface area contributed by atoms with Crippen LogP contribution >= 0.6 is 11.8 Å². The average molecular weight is 354 g/mol. The van der Waals surface area contributed by atoms with Crippen molar-refractivity contribution in [2.24, 2.45) is 0 Å². The minimum absolute atomic E-state index is 0.336. The van der Waals surface area contributed by atoms with E-state index >= 15 is 0 Å². The van der Waals surface area contributed by atoms with Crippen molar-refractivity contribution < 1.29 is 14.3 Å². The predicted octanol–water partition coefficient (Wildman–Crippen LogP) is 3.59. The first-order valence-corrected chi connectivity index (χ1v) is 8.88. The fourth-order valence-corrected chi connectivity index (χ4v) is 3.05. The molecule has 1 aliphatic rings. The number of nitrogens with one attached hydrogen (secondary N) is 1. The summed E-state index contributed by atoms with van der Waals surface area (Å²) in [5, 5.41) is 1.90. The van der Waals surface area contributed by atoms with E-state index in [4.69, 9.17) is 4.74 Å². The third-order valence-corrected chi connectivity index (χ3v) is 4.48. The number of pyridine rings is 1. The molecule has 128 valence electrons. The molecule has 2 aromatic rings. The van der Waals surface area contributed by atoms with E-state index in [2.05, 4.69) is 17.2 Å². The smallest absolute Gasteiger partial charge is 0.290 e. The fourth-order valence-electron chi connectivity index (χ4n) is 2.37. The van der Waals surface area contributed by atoms with Gasteiger partial charge in [-0.1, -0.05) is 25.1 Å². The highest BCUT2D eigenvalue weighted by molar-refractivity contribution is 8.18. The molecule has 0 aliphatic carbocycles. The van der Waals surface area contributed by atoms with Gasteiger partial charge in [-0.2, -0.15) is 0 Å². The topological polar surface area (TPSA) is 68.3 Å². The van der Waals surface area contributed by atoms with Gasteiger partial charge in [-0.05, 0) is 54.1 Å². The summed E-state index contributed by atoms with van der Waals surface area (Å²) in [5.41, 5.74) is 2.95. The van der Waals surface area contributed by atoms with Crippen LogP contribution in [0.15, 0.2) is 47.4 Å². The number of thioether (sulfide) groups is 1. The molecule has 2 heterocycles. The Labute approximate surface area is 150 Å². The lowest BCUT2D eigenvalue weighted by atomic mass is 10.2. The zero-order chi connectivity index (χ0) is 17.6. The van der Waals surface area contributed by atoms with Gasteiger partial charge in [0, 0.05) is 17.8 Å². The summed E-state index contributed by atoms with van der Waals surface area (Å²) in [6.07, 6.45) is 3.36. The molecule has 0 saturated carbocycles. The second-order valence-electron chi connectivity index (χ2n) is 5.49. The van der Waals surface area contributed by atoms with Crippen LogP contribution in [0.25, 0.3) is 6.08 Å². The quantitative estimate of drug-likeness (QED) is 0.803. The molecule has 1 N–H and O–H groups in total. The monoisotopic (exact) mass is 354 g/mol. The van der Waals surface area contributed by atoms with E-state index in [0.717, 1.165) is 47.3 Å². The Morgan fingerprint density at radius 2 is 1.88 bits per heavy atom. The fraction of sp³-hybridized carbons (Fsp3) is 0.211. The normalized spacial score (nSPS) is 15.5. The molecule has 0 unspecified atom stereocenters. The second kappa shape index (κ2) is 7.98. The van der Waals surface area contributed by atoms with Crippen LogP contribution in [0.3, 0.4) is 0 Å². The average Bonchev–Trinajstić information content (AvgIpc) is 2.94. The van der Waals surface area contributed by atoms with Crippen LogP contribution in [0, 0.1) is 0 Å². The summed E-state index contributed by atoms with van der Waals surface area (Å²) in [6.45, 7) is 2.64. The van der Waals surface area contributed by atoms with Crippen molar-refractivity contribution in [2.45, 2.75) is 19.8 Å². The Hall–Kier alpha value is -2.60. The zero-order valence-electron chi connectivity index (χ0n) is 13.8. The first-order chi connectivity index (χ1) is 12.1. The molecule has 6 heteroatoms. The van der Waals surface area contributed by atoms with Gasteiger partial charge in [-0.15, -0.1) is 0 Å². The van der Waals surface area contributed by atoms with Gasteiger partial charge in [0.1, 0.15) is 5.75 Å². The lowest BCUT2D eigenvalue weighted by molar-refractivity contribution is -0.115. The number of nitrogens with zero attached hydrogens (tertiary/aromatic N) is 1. The number of carbonyl (C=O) groups is 2. The van der Waals surface area contributed by atoms with Crippen LogP contribution in [0.2, 0.25) is 0 Å². The molecular formula is C19H18N2O3S. The van der Waals surface area contributed by atoms with Crippen molar-refractivity contribution in [1.82, 2.24) is 10.3 Å². The number of carbonyl (C=O) groups excluding carboxylic acids is 2. The number of rotatable bonds is 6. The van der Waals surface area contributed by atoms with Crippen molar-refractivity contribution in [3.05, 3.63) is 64.3 Å². The molecule has 1 aliphatic heterocycles. The van der Waals surface area contributed by atoms with Gasteiger partial charge in [0.25, 0.3) is 11.1 Å². The number of benzene rings is 1. The SMILES string of the molecule is CCc1cccc(CCOc2ccc(C=C3SC(=O)NC3=O)cc2)n1. The molecule has 1 aromatic heterocycles. The molecule has 0 bridgehead atoms. The first-order valence-electron chi connectivity index (χ1n) is 8.06. The summed E-state index contributed by atoms with van der Waals surface area (Å²) in [5.74, 6) is 0.408. The molecule has 0 atom stereocenters. The van der Waals surface area contributed by atoms with Crippen molar-refractivity contribution in [3.8, 4) is 5.75 Å².